The number of hydrogen-bond donors (Lipinski definition) is 2. The van der Waals surface area contributed by atoms with Crippen molar-refractivity contribution in [3.63, 3.8) is 0 Å². The van der Waals surface area contributed by atoms with Crippen molar-refractivity contribution in [1.29, 1.82) is 0 Å². The first-order valence-corrected chi connectivity index (χ1v) is 11.0. The van der Waals surface area contributed by atoms with Crippen molar-refractivity contribution in [2.75, 3.05) is 41.8 Å². The van der Waals surface area contributed by atoms with Crippen LogP contribution in [0.25, 0.3) is 16.9 Å². The third kappa shape index (κ3) is 4.56. The second-order valence-corrected chi connectivity index (χ2v) is 7.90. The van der Waals surface area contributed by atoms with E-state index in [9.17, 15) is 13.6 Å². The van der Waals surface area contributed by atoms with E-state index in [2.05, 4.69) is 27.2 Å². The standard InChI is InChI=1S/C25H22F2N6O2/c1-2-23(34)30-17-5-3-4-16(12-17)20-13-29-22-14-28-21(15-33(20)22)31-18-6-7-19(25(27)24(18)26)32-8-10-35-11-9-32/h2-7,12-15,31H,1,8-11H2,(H,30,34). The number of anilines is 4. The highest BCUT2D eigenvalue weighted by atomic mass is 19.2. The van der Waals surface area contributed by atoms with Crippen molar-refractivity contribution in [2.24, 2.45) is 0 Å². The summed E-state index contributed by atoms with van der Waals surface area (Å²) in [6, 6.07) is 10.3. The number of morpholine rings is 1. The van der Waals surface area contributed by atoms with Gasteiger partial charge in [-0.05, 0) is 30.3 Å². The molecule has 178 valence electrons. The van der Waals surface area contributed by atoms with E-state index < -0.39 is 11.6 Å². The number of amides is 1. The van der Waals surface area contributed by atoms with E-state index in [1.165, 1.54) is 18.3 Å². The van der Waals surface area contributed by atoms with Crippen molar-refractivity contribution >= 4 is 34.4 Å². The number of nitrogens with one attached hydrogen (secondary N) is 2. The Balaban J connectivity index is 1.44. The molecular weight excluding hydrogens is 454 g/mol. The summed E-state index contributed by atoms with van der Waals surface area (Å²) in [7, 11) is 0. The highest BCUT2D eigenvalue weighted by Crippen LogP contribution is 2.30. The maximum Gasteiger partial charge on any atom is 0.247 e. The minimum atomic E-state index is -0.979. The molecule has 35 heavy (non-hydrogen) atoms. The van der Waals surface area contributed by atoms with Crippen LogP contribution in [-0.2, 0) is 9.53 Å². The molecule has 3 heterocycles. The number of carbonyl (C=O) groups is 1. The van der Waals surface area contributed by atoms with Crippen LogP contribution in [0.2, 0.25) is 0 Å². The Morgan fingerprint density at radius 1 is 1.09 bits per heavy atom. The van der Waals surface area contributed by atoms with Gasteiger partial charge < -0.3 is 20.3 Å². The highest BCUT2D eigenvalue weighted by Gasteiger charge is 2.20. The molecule has 2 aromatic carbocycles. The molecule has 0 aliphatic carbocycles. The zero-order valence-corrected chi connectivity index (χ0v) is 18.7. The molecule has 1 fully saturated rings. The number of ether oxygens (including phenoxy) is 1. The van der Waals surface area contributed by atoms with Crippen LogP contribution in [0.4, 0.5) is 31.7 Å². The molecule has 1 saturated heterocycles. The number of carbonyl (C=O) groups excluding carboxylic acids is 1. The molecule has 1 aliphatic rings. The van der Waals surface area contributed by atoms with Crippen LogP contribution in [0, 0.1) is 11.6 Å². The van der Waals surface area contributed by atoms with Crippen LogP contribution >= 0.6 is 0 Å². The molecule has 0 bridgehead atoms. The monoisotopic (exact) mass is 476 g/mol. The van der Waals surface area contributed by atoms with Crippen molar-refractivity contribution < 1.29 is 18.3 Å². The number of halogens is 2. The van der Waals surface area contributed by atoms with Gasteiger partial charge in [-0.2, -0.15) is 0 Å². The van der Waals surface area contributed by atoms with Gasteiger partial charge in [-0.25, -0.2) is 18.7 Å². The van der Waals surface area contributed by atoms with Gasteiger partial charge in [0.05, 0.1) is 48.9 Å². The number of benzene rings is 2. The maximum absolute atomic E-state index is 14.9. The molecule has 0 atom stereocenters. The van der Waals surface area contributed by atoms with Gasteiger partial charge in [0.1, 0.15) is 5.82 Å². The molecule has 10 heteroatoms. The van der Waals surface area contributed by atoms with Crippen LogP contribution in [0.3, 0.4) is 0 Å². The molecule has 4 aromatic rings. The fraction of sp³-hybridized carbons (Fsp3) is 0.160. The Kier molecular flexibility index (Phi) is 6.11. The summed E-state index contributed by atoms with van der Waals surface area (Å²) in [5.74, 6) is -1.90. The van der Waals surface area contributed by atoms with Gasteiger partial charge in [0.2, 0.25) is 5.91 Å². The average molecular weight is 476 g/mol. The highest BCUT2D eigenvalue weighted by molar-refractivity contribution is 5.99. The third-order valence-corrected chi connectivity index (χ3v) is 5.68. The van der Waals surface area contributed by atoms with Crippen LogP contribution in [0.5, 0.6) is 0 Å². The fourth-order valence-electron chi connectivity index (χ4n) is 3.94. The quantitative estimate of drug-likeness (QED) is 0.402. The Morgan fingerprint density at radius 3 is 2.71 bits per heavy atom. The average Bonchev–Trinajstić information content (AvgIpc) is 3.31. The van der Waals surface area contributed by atoms with Gasteiger partial charge in [-0.15, -0.1) is 0 Å². The molecule has 0 radical (unpaired) electrons. The molecule has 0 spiro atoms. The van der Waals surface area contributed by atoms with E-state index >= 15 is 0 Å². The van der Waals surface area contributed by atoms with E-state index in [4.69, 9.17) is 4.74 Å². The van der Waals surface area contributed by atoms with Crippen LogP contribution < -0.4 is 15.5 Å². The molecule has 0 saturated carbocycles. The first-order chi connectivity index (χ1) is 17.0. The minimum Gasteiger partial charge on any atom is -0.378 e. The van der Waals surface area contributed by atoms with E-state index in [-0.39, 0.29) is 17.3 Å². The Labute approximate surface area is 199 Å². The summed E-state index contributed by atoms with van der Waals surface area (Å²) in [4.78, 5) is 22.1. The summed E-state index contributed by atoms with van der Waals surface area (Å²) in [6.45, 7) is 5.41. The number of rotatable bonds is 6. The van der Waals surface area contributed by atoms with Crippen molar-refractivity contribution in [2.45, 2.75) is 0 Å². The third-order valence-electron chi connectivity index (χ3n) is 5.68. The second kappa shape index (κ2) is 9.51. The molecule has 2 N–H and O–H groups in total. The lowest BCUT2D eigenvalue weighted by Crippen LogP contribution is -2.36. The summed E-state index contributed by atoms with van der Waals surface area (Å²) in [5, 5.41) is 5.59. The molecule has 5 rings (SSSR count). The van der Waals surface area contributed by atoms with E-state index in [1.807, 2.05) is 12.1 Å². The number of imidazole rings is 1. The fourth-order valence-corrected chi connectivity index (χ4v) is 3.94. The normalized spacial score (nSPS) is 13.6. The molecule has 1 aliphatic heterocycles. The van der Waals surface area contributed by atoms with Gasteiger partial charge in [-0.1, -0.05) is 18.7 Å². The van der Waals surface area contributed by atoms with Gasteiger partial charge in [0, 0.05) is 24.3 Å². The molecule has 2 aromatic heterocycles. The van der Waals surface area contributed by atoms with Gasteiger partial charge in [0.15, 0.2) is 17.3 Å². The number of aromatic nitrogens is 3. The Bertz CT molecular complexity index is 1410. The number of hydrogen-bond acceptors (Lipinski definition) is 6. The largest absolute Gasteiger partial charge is 0.378 e. The van der Waals surface area contributed by atoms with Crippen molar-refractivity contribution in [1.82, 2.24) is 14.4 Å². The number of nitrogens with zero attached hydrogens (tertiary/aromatic N) is 4. The Hall–Kier alpha value is -4.31. The van der Waals surface area contributed by atoms with Gasteiger partial charge >= 0.3 is 0 Å². The van der Waals surface area contributed by atoms with Crippen molar-refractivity contribution in [3.05, 3.63) is 79.3 Å². The van der Waals surface area contributed by atoms with E-state index in [0.29, 0.717) is 43.5 Å². The summed E-state index contributed by atoms with van der Waals surface area (Å²) < 4.78 is 36.8. The van der Waals surface area contributed by atoms with Crippen molar-refractivity contribution in [3.8, 4) is 11.3 Å². The van der Waals surface area contributed by atoms with Crippen LogP contribution in [-0.4, -0.2) is 46.6 Å². The topological polar surface area (TPSA) is 83.8 Å². The first kappa shape index (κ1) is 22.5. The molecule has 0 unspecified atom stereocenters. The van der Waals surface area contributed by atoms with Gasteiger partial charge in [-0.3, -0.25) is 9.20 Å². The summed E-state index contributed by atoms with van der Waals surface area (Å²) in [5.41, 5.74) is 2.88. The lowest BCUT2D eigenvalue weighted by Gasteiger charge is -2.29. The first-order valence-electron chi connectivity index (χ1n) is 11.0. The number of fused-ring (bicyclic) bond motifs is 1. The minimum absolute atomic E-state index is 0.0258. The maximum atomic E-state index is 14.9. The predicted molar refractivity (Wildman–Crippen MR) is 130 cm³/mol. The predicted octanol–water partition coefficient (Wildman–Crippen LogP) is 4.38. The van der Waals surface area contributed by atoms with E-state index in [1.54, 1.807) is 39.9 Å². The van der Waals surface area contributed by atoms with Crippen LogP contribution in [0.1, 0.15) is 0 Å². The molecule has 8 nitrogen and oxygen atoms in total. The smallest absolute Gasteiger partial charge is 0.247 e. The SMILES string of the molecule is C=CC(=O)Nc1cccc(-c2cnc3cnc(Nc4ccc(N5CCOCC5)c(F)c4F)cn23)c1. The molecular formula is C25H22F2N6O2. The summed E-state index contributed by atoms with van der Waals surface area (Å²) >= 11 is 0. The lowest BCUT2D eigenvalue weighted by molar-refractivity contribution is -0.111. The molecule has 1 amide bonds. The zero-order chi connectivity index (χ0) is 24.4. The zero-order valence-electron chi connectivity index (χ0n) is 18.7. The van der Waals surface area contributed by atoms with E-state index in [0.717, 1.165) is 11.3 Å². The Morgan fingerprint density at radius 2 is 1.91 bits per heavy atom. The van der Waals surface area contributed by atoms with Crippen LogP contribution in [0.15, 0.2) is 67.6 Å². The second-order valence-electron chi connectivity index (χ2n) is 7.90. The lowest BCUT2D eigenvalue weighted by atomic mass is 10.1. The summed E-state index contributed by atoms with van der Waals surface area (Å²) in [6.07, 6.45) is 6.05. The van der Waals surface area contributed by atoms with Gasteiger partial charge in [0.25, 0.3) is 0 Å².